The molecule has 1 heterocycles. The standard InChI is InChI=1S/C15H17BrF2N2/c1-15(2,3)20-7-9(6-19)11(8-20)10-4-12(16)14(18)5-13(10)17/h4-5,9,11H,7-8H2,1-3H3/t9-,11-/m0/s1. The third-order valence-corrected chi connectivity index (χ3v) is 4.48. The third-order valence-electron chi connectivity index (χ3n) is 3.87. The predicted octanol–water partition coefficient (Wildman–Crippen LogP) is 4.06. The molecule has 2 rings (SSSR count). The van der Waals surface area contributed by atoms with E-state index in [1.165, 1.54) is 6.07 Å². The fraction of sp³-hybridized carbons (Fsp3) is 0.533. The van der Waals surface area contributed by atoms with Crippen LogP contribution in [0.5, 0.6) is 0 Å². The molecule has 0 unspecified atom stereocenters. The Labute approximate surface area is 126 Å². The Morgan fingerprint density at radius 3 is 2.45 bits per heavy atom. The molecule has 1 saturated heterocycles. The van der Waals surface area contributed by atoms with Gasteiger partial charge in [0.2, 0.25) is 0 Å². The molecule has 0 bridgehead atoms. The van der Waals surface area contributed by atoms with Gasteiger partial charge in [-0.1, -0.05) is 0 Å². The molecule has 1 aliphatic rings. The van der Waals surface area contributed by atoms with Crippen molar-refractivity contribution in [2.24, 2.45) is 5.92 Å². The summed E-state index contributed by atoms with van der Waals surface area (Å²) in [5.74, 6) is -1.70. The fourth-order valence-corrected chi connectivity index (χ4v) is 2.98. The summed E-state index contributed by atoms with van der Waals surface area (Å²) in [7, 11) is 0. The number of rotatable bonds is 1. The van der Waals surface area contributed by atoms with Gasteiger partial charge in [0.15, 0.2) is 0 Å². The van der Waals surface area contributed by atoms with Gasteiger partial charge in [0.1, 0.15) is 11.6 Å². The molecular formula is C15H17BrF2N2. The number of nitrogens with zero attached hydrogens (tertiary/aromatic N) is 2. The number of likely N-dealkylation sites (tertiary alicyclic amines) is 1. The van der Waals surface area contributed by atoms with Crippen molar-refractivity contribution in [3.8, 4) is 6.07 Å². The first-order valence-corrected chi connectivity index (χ1v) is 7.32. The maximum absolute atomic E-state index is 14.0. The van der Waals surface area contributed by atoms with Crippen molar-refractivity contribution < 1.29 is 8.78 Å². The van der Waals surface area contributed by atoms with Crippen LogP contribution in [-0.4, -0.2) is 23.5 Å². The van der Waals surface area contributed by atoms with Gasteiger partial charge in [-0.25, -0.2) is 8.78 Å². The van der Waals surface area contributed by atoms with Gasteiger partial charge in [-0.2, -0.15) is 5.26 Å². The van der Waals surface area contributed by atoms with E-state index in [1.807, 2.05) is 0 Å². The quantitative estimate of drug-likeness (QED) is 0.719. The van der Waals surface area contributed by atoms with Gasteiger partial charge in [-0.05, 0) is 48.3 Å². The molecule has 1 aromatic rings. The molecule has 1 aromatic carbocycles. The minimum absolute atomic E-state index is 0.0718. The molecule has 0 saturated carbocycles. The lowest BCUT2D eigenvalue weighted by molar-refractivity contribution is 0.170. The van der Waals surface area contributed by atoms with Gasteiger partial charge in [-0.15, -0.1) is 0 Å². The molecule has 2 atom stereocenters. The van der Waals surface area contributed by atoms with Crippen LogP contribution in [0.3, 0.4) is 0 Å². The van der Waals surface area contributed by atoms with Gasteiger partial charge in [0.25, 0.3) is 0 Å². The van der Waals surface area contributed by atoms with E-state index in [0.717, 1.165) is 6.07 Å². The number of hydrogen-bond donors (Lipinski definition) is 0. The largest absolute Gasteiger partial charge is 0.297 e. The Kier molecular flexibility index (Phi) is 4.17. The van der Waals surface area contributed by atoms with Crippen LogP contribution < -0.4 is 0 Å². The Balaban J connectivity index is 2.37. The van der Waals surface area contributed by atoms with Crippen LogP contribution in [0.25, 0.3) is 0 Å². The monoisotopic (exact) mass is 342 g/mol. The van der Waals surface area contributed by atoms with Gasteiger partial charge in [0, 0.05) is 30.6 Å². The van der Waals surface area contributed by atoms with Crippen molar-refractivity contribution in [1.29, 1.82) is 5.26 Å². The van der Waals surface area contributed by atoms with Crippen molar-refractivity contribution in [2.75, 3.05) is 13.1 Å². The molecule has 5 heteroatoms. The van der Waals surface area contributed by atoms with E-state index in [4.69, 9.17) is 0 Å². The average molecular weight is 343 g/mol. The summed E-state index contributed by atoms with van der Waals surface area (Å²) in [6, 6.07) is 4.61. The molecular weight excluding hydrogens is 326 g/mol. The first-order chi connectivity index (χ1) is 9.24. The van der Waals surface area contributed by atoms with Crippen LogP contribution >= 0.6 is 15.9 Å². The average Bonchev–Trinajstić information content (AvgIpc) is 2.77. The number of hydrogen-bond acceptors (Lipinski definition) is 2. The highest BCUT2D eigenvalue weighted by atomic mass is 79.9. The van der Waals surface area contributed by atoms with Crippen LogP contribution in [0.1, 0.15) is 32.3 Å². The molecule has 0 aromatic heterocycles. The first-order valence-electron chi connectivity index (χ1n) is 6.53. The van der Waals surface area contributed by atoms with Gasteiger partial charge in [0.05, 0.1) is 16.5 Å². The molecule has 0 spiro atoms. The molecule has 0 amide bonds. The number of halogens is 3. The Morgan fingerprint density at radius 1 is 1.25 bits per heavy atom. The Morgan fingerprint density at radius 2 is 1.90 bits per heavy atom. The van der Waals surface area contributed by atoms with E-state index >= 15 is 0 Å². The summed E-state index contributed by atoms with van der Waals surface area (Å²) in [6.45, 7) is 7.43. The lowest BCUT2D eigenvalue weighted by Gasteiger charge is -2.31. The highest BCUT2D eigenvalue weighted by molar-refractivity contribution is 9.10. The van der Waals surface area contributed by atoms with Crippen molar-refractivity contribution in [1.82, 2.24) is 4.90 Å². The second-order valence-electron chi connectivity index (χ2n) is 6.21. The Bertz CT molecular complexity index is 560. The lowest BCUT2D eigenvalue weighted by Crippen LogP contribution is -2.39. The number of nitriles is 1. The fourth-order valence-electron chi connectivity index (χ4n) is 2.62. The number of benzene rings is 1. The molecule has 20 heavy (non-hydrogen) atoms. The van der Waals surface area contributed by atoms with Gasteiger partial charge < -0.3 is 0 Å². The van der Waals surface area contributed by atoms with E-state index in [1.54, 1.807) is 0 Å². The molecule has 1 aliphatic heterocycles. The van der Waals surface area contributed by atoms with Gasteiger partial charge >= 0.3 is 0 Å². The second kappa shape index (κ2) is 5.42. The zero-order valence-electron chi connectivity index (χ0n) is 11.8. The third kappa shape index (κ3) is 2.87. The molecule has 0 aliphatic carbocycles. The Hall–Kier alpha value is -0.990. The van der Waals surface area contributed by atoms with E-state index in [9.17, 15) is 14.0 Å². The summed E-state index contributed by atoms with van der Waals surface area (Å²) >= 11 is 3.09. The summed E-state index contributed by atoms with van der Waals surface area (Å²) in [6.07, 6.45) is 0. The molecule has 0 N–H and O–H groups in total. The summed E-state index contributed by atoms with van der Waals surface area (Å²) in [5, 5.41) is 9.31. The van der Waals surface area contributed by atoms with E-state index in [0.29, 0.717) is 18.7 Å². The predicted molar refractivity (Wildman–Crippen MR) is 77.2 cm³/mol. The van der Waals surface area contributed by atoms with E-state index in [-0.39, 0.29) is 21.8 Å². The van der Waals surface area contributed by atoms with Crippen LogP contribution in [0.2, 0.25) is 0 Å². The van der Waals surface area contributed by atoms with E-state index in [2.05, 4.69) is 47.7 Å². The lowest BCUT2D eigenvalue weighted by atomic mass is 9.89. The van der Waals surface area contributed by atoms with Crippen LogP contribution in [-0.2, 0) is 0 Å². The zero-order chi connectivity index (χ0) is 15.1. The topological polar surface area (TPSA) is 27.0 Å². The summed E-state index contributed by atoms with van der Waals surface area (Å²) < 4.78 is 27.6. The smallest absolute Gasteiger partial charge is 0.140 e. The SMILES string of the molecule is CC(C)(C)N1C[C@H](c2cc(Br)c(F)cc2F)[C@@H](C#N)C1. The minimum Gasteiger partial charge on any atom is -0.297 e. The molecule has 1 fully saturated rings. The van der Waals surface area contributed by atoms with Crippen LogP contribution in [0, 0.1) is 28.9 Å². The zero-order valence-corrected chi connectivity index (χ0v) is 13.3. The molecule has 2 nitrogen and oxygen atoms in total. The summed E-state index contributed by atoms with van der Waals surface area (Å²) in [5.41, 5.74) is 0.342. The van der Waals surface area contributed by atoms with Crippen molar-refractivity contribution in [3.05, 3.63) is 33.8 Å². The van der Waals surface area contributed by atoms with Crippen LogP contribution in [0.15, 0.2) is 16.6 Å². The summed E-state index contributed by atoms with van der Waals surface area (Å²) in [4.78, 5) is 2.17. The van der Waals surface area contributed by atoms with Crippen LogP contribution in [0.4, 0.5) is 8.78 Å². The van der Waals surface area contributed by atoms with Gasteiger partial charge in [-0.3, -0.25) is 4.90 Å². The van der Waals surface area contributed by atoms with Crippen molar-refractivity contribution in [2.45, 2.75) is 32.2 Å². The van der Waals surface area contributed by atoms with Crippen molar-refractivity contribution >= 4 is 15.9 Å². The highest BCUT2D eigenvalue weighted by Crippen LogP contribution is 2.38. The first kappa shape index (κ1) is 15.4. The van der Waals surface area contributed by atoms with E-state index < -0.39 is 11.6 Å². The highest BCUT2D eigenvalue weighted by Gasteiger charge is 2.39. The second-order valence-corrected chi connectivity index (χ2v) is 7.06. The molecule has 108 valence electrons. The molecule has 0 radical (unpaired) electrons. The maximum Gasteiger partial charge on any atom is 0.140 e. The van der Waals surface area contributed by atoms with Crippen molar-refractivity contribution in [3.63, 3.8) is 0 Å². The normalized spacial score (nSPS) is 23.9. The minimum atomic E-state index is -0.620. The maximum atomic E-state index is 14.0.